The molecule has 152 valence electrons. The maximum Gasteiger partial charge on any atom is 0.261 e. The van der Waals surface area contributed by atoms with E-state index in [0.717, 1.165) is 55.5 Å². The van der Waals surface area contributed by atoms with Crippen LogP contribution in [-0.4, -0.2) is 46.7 Å². The molecule has 0 saturated carbocycles. The van der Waals surface area contributed by atoms with Gasteiger partial charge in [-0.1, -0.05) is 6.07 Å². The standard InChI is InChI=1S/C22H23N7O/c1-26-8-7-23-21(26)18-5-6-19-16-9-15(11-28(19)22(18)30)10-27(12-16)13-17-3-2-4-20-24-14-25-29(17)20/h2-8,14-16H,9-13H2,1H3/t15-,16+/m0/s1. The summed E-state index contributed by atoms with van der Waals surface area (Å²) in [6.45, 7) is 3.54. The summed E-state index contributed by atoms with van der Waals surface area (Å²) in [6, 6.07) is 10.2. The van der Waals surface area contributed by atoms with Gasteiger partial charge in [0.1, 0.15) is 12.2 Å². The van der Waals surface area contributed by atoms with E-state index in [-0.39, 0.29) is 5.56 Å². The van der Waals surface area contributed by atoms with Gasteiger partial charge in [-0.2, -0.15) is 5.10 Å². The van der Waals surface area contributed by atoms with Gasteiger partial charge in [0.2, 0.25) is 0 Å². The lowest BCUT2D eigenvalue weighted by molar-refractivity contribution is 0.112. The van der Waals surface area contributed by atoms with Crippen molar-refractivity contribution in [3.63, 3.8) is 0 Å². The molecule has 4 aromatic heterocycles. The van der Waals surface area contributed by atoms with Gasteiger partial charge in [-0.05, 0) is 36.6 Å². The minimum atomic E-state index is 0.0809. The lowest BCUT2D eigenvalue weighted by atomic mass is 9.83. The Morgan fingerprint density at radius 1 is 1.10 bits per heavy atom. The van der Waals surface area contributed by atoms with E-state index in [1.54, 1.807) is 12.5 Å². The Bertz CT molecular complexity index is 1300. The SMILES string of the molecule is Cn1ccnc1-c1ccc2n(c1=O)C[C@H]1C[C@@H]2CN(Cc2cccc3ncnn23)C1. The fraction of sp³-hybridized carbons (Fsp3) is 0.364. The molecule has 2 aliphatic heterocycles. The first-order chi connectivity index (χ1) is 14.7. The average Bonchev–Trinajstić information content (AvgIpc) is 3.38. The molecule has 6 heterocycles. The summed E-state index contributed by atoms with van der Waals surface area (Å²) >= 11 is 0. The maximum atomic E-state index is 13.3. The van der Waals surface area contributed by atoms with Gasteiger partial charge in [-0.25, -0.2) is 14.5 Å². The van der Waals surface area contributed by atoms with Gasteiger partial charge in [0, 0.05) is 57.2 Å². The van der Waals surface area contributed by atoms with Crippen LogP contribution >= 0.6 is 0 Å². The molecule has 30 heavy (non-hydrogen) atoms. The predicted molar refractivity (Wildman–Crippen MR) is 112 cm³/mol. The highest BCUT2D eigenvalue weighted by Crippen LogP contribution is 2.36. The molecular weight excluding hydrogens is 378 g/mol. The van der Waals surface area contributed by atoms with E-state index in [9.17, 15) is 4.79 Å². The molecule has 1 fully saturated rings. The van der Waals surface area contributed by atoms with Crippen LogP contribution < -0.4 is 5.56 Å². The summed E-state index contributed by atoms with van der Waals surface area (Å²) in [5.41, 5.74) is 3.94. The van der Waals surface area contributed by atoms with Crippen LogP contribution in [0.15, 0.2) is 53.8 Å². The van der Waals surface area contributed by atoms with Crippen LogP contribution in [0.25, 0.3) is 17.0 Å². The van der Waals surface area contributed by atoms with Gasteiger partial charge in [0.25, 0.3) is 5.56 Å². The number of hydrogen-bond acceptors (Lipinski definition) is 5. The van der Waals surface area contributed by atoms with Crippen LogP contribution in [0.3, 0.4) is 0 Å². The van der Waals surface area contributed by atoms with Crippen LogP contribution in [0.5, 0.6) is 0 Å². The van der Waals surface area contributed by atoms with Gasteiger partial charge in [0.15, 0.2) is 5.65 Å². The van der Waals surface area contributed by atoms with Gasteiger partial charge in [-0.15, -0.1) is 0 Å². The van der Waals surface area contributed by atoms with Gasteiger partial charge in [-0.3, -0.25) is 9.69 Å². The maximum absolute atomic E-state index is 13.3. The zero-order chi connectivity index (χ0) is 20.2. The smallest absolute Gasteiger partial charge is 0.261 e. The molecule has 0 aromatic carbocycles. The van der Waals surface area contributed by atoms with Gasteiger partial charge >= 0.3 is 0 Å². The van der Waals surface area contributed by atoms with Crippen LogP contribution in [0, 0.1) is 5.92 Å². The van der Waals surface area contributed by atoms with Crippen molar-refractivity contribution < 1.29 is 0 Å². The van der Waals surface area contributed by atoms with Crippen molar-refractivity contribution in [3.8, 4) is 11.4 Å². The first-order valence-electron chi connectivity index (χ1n) is 10.4. The quantitative estimate of drug-likeness (QED) is 0.524. The molecule has 0 N–H and O–H groups in total. The van der Waals surface area contributed by atoms with Crippen LogP contribution in [0.4, 0.5) is 0 Å². The third-order valence-electron chi connectivity index (χ3n) is 6.51. The van der Waals surface area contributed by atoms with Gasteiger partial charge < -0.3 is 9.13 Å². The summed E-state index contributed by atoms with van der Waals surface area (Å²) in [5, 5.41) is 4.37. The minimum Gasteiger partial charge on any atom is -0.334 e. The van der Waals surface area contributed by atoms with Crippen molar-refractivity contribution in [1.29, 1.82) is 0 Å². The fourth-order valence-electron chi connectivity index (χ4n) is 5.22. The fourth-order valence-corrected chi connectivity index (χ4v) is 5.22. The molecule has 2 bridgehead atoms. The van der Waals surface area contributed by atoms with Crippen molar-refractivity contribution in [1.82, 2.24) is 33.6 Å². The predicted octanol–water partition coefficient (Wildman–Crippen LogP) is 1.91. The first-order valence-corrected chi connectivity index (χ1v) is 10.4. The van der Waals surface area contributed by atoms with E-state index in [2.05, 4.69) is 32.1 Å². The second-order valence-electron chi connectivity index (χ2n) is 8.49. The largest absolute Gasteiger partial charge is 0.334 e. The third kappa shape index (κ3) is 2.71. The second kappa shape index (κ2) is 6.63. The molecule has 0 radical (unpaired) electrons. The molecule has 2 aliphatic rings. The summed E-state index contributed by atoms with van der Waals surface area (Å²) in [7, 11) is 1.92. The van der Waals surface area contributed by atoms with Gasteiger partial charge in [0.05, 0.1) is 11.3 Å². The van der Waals surface area contributed by atoms with E-state index < -0.39 is 0 Å². The van der Waals surface area contributed by atoms with E-state index in [0.29, 0.717) is 17.4 Å². The van der Waals surface area contributed by atoms with E-state index in [1.807, 2.05) is 45.1 Å². The van der Waals surface area contributed by atoms with Crippen molar-refractivity contribution in [2.24, 2.45) is 13.0 Å². The number of aryl methyl sites for hydroxylation is 1. The Morgan fingerprint density at radius 2 is 2.03 bits per heavy atom. The molecule has 8 heteroatoms. The lowest BCUT2D eigenvalue weighted by Gasteiger charge is -2.43. The van der Waals surface area contributed by atoms with Crippen molar-refractivity contribution in [2.75, 3.05) is 13.1 Å². The summed E-state index contributed by atoms with van der Waals surface area (Å²) in [5.74, 6) is 1.57. The zero-order valence-electron chi connectivity index (χ0n) is 16.8. The number of nitrogens with zero attached hydrogens (tertiary/aromatic N) is 7. The Balaban J connectivity index is 1.31. The molecule has 1 saturated heterocycles. The van der Waals surface area contributed by atoms with Crippen molar-refractivity contribution in [2.45, 2.75) is 25.4 Å². The topological polar surface area (TPSA) is 73.2 Å². The zero-order valence-corrected chi connectivity index (χ0v) is 16.8. The van der Waals surface area contributed by atoms with E-state index in [1.165, 1.54) is 0 Å². The number of likely N-dealkylation sites (tertiary alicyclic amines) is 1. The number of imidazole rings is 1. The Labute approximate surface area is 173 Å². The number of piperidine rings is 1. The van der Waals surface area contributed by atoms with Crippen LogP contribution in [0.1, 0.15) is 23.7 Å². The highest BCUT2D eigenvalue weighted by molar-refractivity contribution is 5.54. The normalized spacial score (nSPS) is 21.1. The molecule has 8 nitrogen and oxygen atoms in total. The minimum absolute atomic E-state index is 0.0809. The first kappa shape index (κ1) is 17.6. The van der Waals surface area contributed by atoms with Crippen molar-refractivity contribution >= 4 is 5.65 Å². The number of hydrogen-bond donors (Lipinski definition) is 0. The van der Waals surface area contributed by atoms with Crippen LogP contribution in [0.2, 0.25) is 0 Å². The molecular formula is C22H23N7O. The average molecular weight is 401 g/mol. The molecule has 0 spiro atoms. The summed E-state index contributed by atoms with van der Waals surface area (Å²) < 4.78 is 5.82. The van der Waals surface area contributed by atoms with E-state index >= 15 is 0 Å². The summed E-state index contributed by atoms with van der Waals surface area (Å²) in [4.78, 5) is 24.4. The monoisotopic (exact) mass is 401 g/mol. The molecule has 4 aromatic rings. The molecule has 0 unspecified atom stereocenters. The number of fused-ring (bicyclic) bond motifs is 5. The number of aromatic nitrogens is 6. The molecule has 0 amide bonds. The number of pyridine rings is 2. The van der Waals surface area contributed by atoms with Crippen molar-refractivity contribution in [3.05, 3.63) is 70.8 Å². The summed E-state index contributed by atoms with van der Waals surface area (Å²) in [6.07, 6.45) is 6.36. The third-order valence-corrected chi connectivity index (χ3v) is 6.51. The van der Waals surface area contributed by atoms with E-state index in [4.69, 9.17) is 0 Å². The Kier molecular flexibility index (Phi) is 3.89. The van der Waals surface area contributed by atoms with Crippen LogP contribution in [-0.2, 0) is 20.1 Å². The molecule has 6 rings (SSSR count). The second-order valence-corrected chi connectivity index (χ2v) is 8.49. The Hall–Kier alpha value is -3.26. The lowest BCUT2D eigenvalue weighted by Crippen LogP contribution is -2.47. The molecule has 0 aliphatic carbocycles. The molecule has 2 atom stereocenters. The Morgan fingerprint density at radius 3 is 2.90 bits per heavy atom. The number of rotatable bonds is 3. The highest BCUT2D eigenvalue weighted by atomic mass is 16.1. The highest BCUT2D eigenvalue weighted by Gasteiger charge is 2.35.